The lowest BCUT2D eigenvalue weighted by molar-refractivity contribution is -0.142. The second-order valence-electron chi connectivity index (χ2n) is 11.7. The summed E-state index contributed by atoms with van der Waals surface area (Å²) in [5.41, 5.74) is 6.25. The Labute approximate surface area is 226 Å². The third-order valence-electron chi connectivity index (χ3n) is 7.84. The minimum absolute atomic E-state index is 0.229. The molecule has 0 radical (unpaired) electrons. The van der Waals surface area contributed by atoms with Gasteiger partial charge in [0, 0.05) is 22.1 Å². The molecule has 2 aliphatic rings. The fourth-order valence-corrected chi connectivity index (χ4v) is 6.66. The molecule has 3 aromatic rings. The molecule has 1 saturated carbocycles. The highest BCUT2D eigenvalue weighted by Gasteiger charge is 2.81. The van der Waals surface area contributed by atoms with Crippen molar-refractivity contribution in [2.24, 2.45) is 17.1 Å². The molecule has 5 rings (SSSR count). The molecule has 7 nitrogen and oxygen atoms in total. The lowest BCUT2D eigenvalue weighted by atomic mass is 9.90. The summed E-state index contributed by atoms with van der Waals surface area (Å²) in [6, 6.07) is 18.1. The Morgan fingerprint density at radius 3 is 2.42 bits per heavy atom. The van der Waals surface area contributed by atoms with Gasteiger partial charge in [-0.05, 0) is 35.4 Å². The van der Waals surface area contributed by atoms with Gasteiger partial charge in [0.2, 0.25) is 0 Å². The van der Waals surface area contributed by atoms with E-state index in [1.165, 1.54) is 6.92 Å². The number of ketones is 1. The predicted molar refractivity (Wildman–Crippen MR) is 147 cm³/mol. The quantitative estimate of drug-likeness (QED) is 0.452. The van der Waals surface area contributed by atoms with Crippen LogP contribution in [0.3, 0.4) is 0 Å². The third kappa shape index (κ3) is 3.96. The number of carbonyl (C=O) groups excluding carboxylic acids is 2. The van der Waals surface area contributed by atoms with Crippen LogP contribution in [0.25, 0.3) is 10.8 Å². The maximum Gasteiger partial charge on any atom is 0.344 e. The Morgan fingerprint density at radius 1 is 1.11 bits per heavy atom. The van der Waals surface area contributed by atoms with Crippen molar-refractivity contribution < 1.29 is 24.2 Å². The van der Waals surface area contributed by atoms with Crippen molar-refractivity contribution >= 4 is 45.7 Å². The number of benzene rings is 3. The first kappa shape index (κ1) is 26.5. The molecule has 198 valence electrons. The van der Waals surface area contributed by atoms with Crippen molar-refractivity contribution in [3.63, 3.8) is 0 Å². The van der Waals surface area contributed by atoms with Crippen LogP contribution in [-0.4, -0.2) is 47.5 Å². The zero-order valence-electron chi connectivity index (χ0n) is 21.9. The molecule has 0 aromatic heterocycles. The monoisotopic (exact) mass is 535 g/mol. The van der Waals surface area contributed by atoms with Gasteiger partial charge in [0.25, 0.3) is 0 Å². The van der Waals surface area contributed by atoms with Crippen LogP contribution in [0.5, 0.6) is 0 Å². The fraction of sp³-hybridized carbons (Fsp3) is 0.367. The molecule has 3 aromatic carbocycles. The maximum atomic E-state index is 14.3. The molecule has 1 amide bonds. The number of quaternary nitrogens is 1. The molecule has 3 N–H and O–H groups in total. The maximum absolute atomic E-state index is 14.3. The Morgan fingerprint density at radius 2 is 1.79 bits per heavy atom. The van der Waals surface area contributed by atoms with E-state index in [0.717, 1.165) is 16.3 Å². The Hall–Kier alpha value is -3.10. The molecule has 0 bridgehead atoms. The summed E-state index contributed by atoms with van der Waals surface area (Å²) in [5.74, 6) is -3.02. The standard InChI is InChI=1S/C30H31ClN2O5/c1-17(34)25-27(30(25,32)28(36)37)33(16-29(2,3)4)23-13-12-19(31)14-22(23)26(38-15-24(33)35)21-11-7-9-18-8-5-6-10-20(18)21/h5-14,25-27H,15-16,32H2,1-4H3/p+1/t25-,26?,27-,30+,33?/m1/s1. The van der Waals surface area contributed by atoms with E-state index in [9.17, 15) is 19.5 Å². The molecule has 1 aliphatic heterocycles. The lowest BCUT2D eigenvalue weighted by Crippen LogP contribution is -2.64. The number of nitrogens with two attached hydrogens (primary N) is 1. The van der Waals surface area contributed by atoms with E-state index in [1.807, 2.05) is 63.2 Å². The van der Waals surface area contributed by atoms with Crippen LogP contribution in [0, 0.1) is 11.3 Å². The van der Waals surface area contributed by atoms with Crippen molar-refractivity contribution in [3.05, 3.63) is 76.8 Å². The summed E-state index contributed by atoms with van der Waals surface area (Å²) in [6.07, 6.45) is -0.648. The molecular weight excluding hydrogens is 504 g/mol. The number of fused-ring (bicyclic) bond motifs is 2. The number of halogens is 1. The van der Waals surface area contributed by atoms with E-state index in [2.05, 4.69) is 0 Å². The van der Waals surface area contributed by atoms with Gasteiger partial charge in [-0.1, -0.05) is 74.8 Å². The first-order valence-corrected chi connectivity index (χ1v) is 13.0. The molecule has 38 heavy (non-hydrogen) atoms. The molecule has 5 atom stereocenters. The number of Topliss-reactive ketones (excluding diaryl/α,β-unsaturated/α-hetero) is 1. The van der Waals surface area contributed by atoms with Crippen molar-refractivity contribution in [1.82, 2.24) is 4.48 Å². The first-order valence-electron chi connectivity index (χ1n) is 12.7. The van der Waals surface area contributed by atoms with Crippen LogP contribution < -0.4 is 10.2 Å². The number of hydrogen-bond acceptors (Lipinski definition) is 5. The van der Waals surface area contributed by atoms with E-state index < -0.39 is 39.5 Å². The van der Waals surface area contributed by atoms with Crippen molar-refractivity contribution in [1.29, 1.82) is 0 Å². The zero-order valence-corrected chi connectivity index (χ0v) is 22.7. The van der Waals surface area contributed by atoms with Crippen LogP contribution >= 0.6 is 11.6 Å². The summed E-state index contributed by atoms with van der Waals surface area (Å²) in [6.45, 7) is 7.22. The van der Waals surface area contributed by atoms with Gasteiger partial charge in [-0.25, -0.2) is 14.1 Å². The lowest BCUT2D eigenvalue weighted by Gasteiger charge is -2.41. The molecule has 1 aliphatic carbocycles. The molecule has 0 saturated heterocycles. The van der Waals surface area contributed by atoms with Gasteiger partial charge < -0.3 is 15.6 Å². The smallest absolute Gasteiger partial charge is 0.344 e. The SMILES string of the molecule is CC(=O)[C@@H]1[C@@H]([N+]2(CC(C)(C)C)C(=O)COC(c3cccc4ccccc34)c3cc(Cl)ccc32)[C@]1(N)C(=O)O. The highest BCUT2D eigenvalue weighted by molar-refractivity contribution is 6.30. The second-order valence-corrected chi connectivity index (χ2v) is 12.2. The minimum atomic E-state index is -1.89. The largest absolute Gasteiger partial charge is 0.480 e. The molecule has 1 fully saturated rings. The number of nitrogens with zero attached hydrogens (tertiary/aromatic N) is 1. The number of aliphatic carboxylic acids is 1. The van der Waals surface area contributed by atoms with Gasteiger partial charge in [0.1, 0.15) is 29.5 Å². The average Bonchev–Trinajstić information content (AvgIpc) is 3.52. The van der Waals surface area contributed by atoms with E-state index in [1.54, 1.807) is 18.2 Å². The van der Waals surface area contributed by atoms with Crippen LogP contribution in [0.15, 0.2) is 60.7 Å². The Kier molecular flexibility index (Phi) is 6.27. The van der Waals surface area contributed by atoms with E-state index in [0.29, 0.717) is 16.3 Å². The van der Waals surface area contributed by atoms with Crippen LogP contribution in [-0.2, 0) is 19.1 Å². The van der Waals surface area contributed by atoms with Crippen molar-refractivity contribution in [2.75, 3.05) is 13.2 Å². The van der Waals surface area contributed by atoms with E-state index >= 15 is 0 Å². The van der Waals surface area contributed by atoms with Gasteiger partial charge in [-0.3, -0.25) is 4.79 Å². The number of carbonyl (C=O) groups is 3. The normalized spacial score (nSPS) is 29.0. The second kappa shape index (κ2) is 8.99. The Balaban J connectivity index is 1.82. The van der Waals surface area contributed by atoms with Crippen molar-refractivity contribution in [3.8, 4) is 0 Å². The van der Waals surface area contributed by atoms with Crippen LogP contribution in [0.1, 0.15) is 44.9 Å². The Bertz CT molecular complexity index is 1480. The summed E-state index contributed by atoms with van der Waals surface area (Å²) in [5, 5.41) is 12.6. The predicted octanol–water partition coefficient (Wildman–Crippen LogP) is 4.86. The summed E-state index contributed by atoms with van der Waals surface area (Å²) < 4.78 is 5.97. The van der Waals surface area contributed by atoms with Crippen LogP contribution in [0.2, 0.25) is 5.02 Å². The van der Waals surface area contributed by atoms with E-state index in [4.69, 9.17) is 22.1 Å². The third-order valence-corrected chi connectivity index (χ3v) is 8.08. The first-order chi connectivity index (χ1) is 17.8. The molecular formula is C30H32ClN2O5+. The van der Waals surface area contributed by atoms with Gasteiger partial charge >= 0.3 is 11.9 Å². The number of ether oxygens (including phenoxy) is 1. The van der Waals surface area contributed by atoms with Gasteiger partial charge in [0.15, 0.2) is 12.1 Å². The summed E-state index contributed by atoms with van der Waals surface area (Å²) in [7, 11) is 0. The zero-order chi connectivity index (χ0) is 27.6. The van der Waals surface area contributed by atoms with Crippen molar-refractivity contribution in [2.45, 2.75) is 45.4 Å². The number of hydrogen-bond donors (Lipinski definition) is 2. The minimum Gasteiger partial charge on any atom is -0.480 e. The van der Waals surface area contributed by atoms with Crippen LogP contribution in [0.4, 0.5) is 5.69 Å². The highest BCUT2D eigenvalue weighted by Crippen LogP contribution is 2.56. The molecule has 8 heteroatoms. The molecule has 0 spiro atoms. The van der Waals surface area contributed by atoms with Gasteiger partial charge in [0.05, 0.1) is 6.54 Å². The topological polar surface area (TPSA) is 107 Å². The number of amides is 1. The highest BCUT2D eigenvalue weighted by atomic mass is 35.5. The average molecular weight is 536 g/mol. The number of rotatable bonds is 5. The summed E-state index contributed by atoms with van der Waals surface area (Å²) in [4.78, 5) is 39.6. The number of carboxylic acids is 1. The van der Waals surface area contributed by atoms with E-state index in [-0.39, 0.29) is 24.8 Å². The summed E-state index contributed by atoms with van der Waals surface area (Å²) >= 11 is 6.52. The fourth-order valence-electron chi connectivity index (χ4n) is 6.48. The molecule has 2 unspecified atom stereocenters. The van der Waals surface area contributed by atoms with Gasteiger partial charge in [-0.2, -0.15) is 0 Å². The number of carboxylic acid groups (broad SMARTS) is 1. The van der Waals surface area contributed by atoms with Gasteiger partial charge in [-0.15, -0.1) is 0 Å². The molecule has 1 heterocycles.